The first-order valence-electron chi connectivity index (χ1n) is 9.11. The monoisotopic (exact) mass is 438 g/mol. The molecule has 0 aliphatic rings. The molecule has 0 aliphatic heterocycles. The molecule has 0 radical (unpaired) electrons. The third-order valence-corrected chi connectivity index (χ3v) is 6.83. The molecule has 6 nitrogen and oxygen atoms in total. The van der Waals surface area contributed by atoms with Crippen LogP contribution in [0.5, 0.6) is 0 Å². The first-order chi connectivity index (χ1) is 14.3. The number of amidine groups is 1. The average molecular weight is 439 g/mol. The van der Waals surface area contributed by atoms with E-state index in [1.54, 1.807) is 30.3 Å². The van der Waals surface area contributed by atoms with Crippen molar-refractivity contribution in [2.24, 2.45) is 4.40 Å². The molecule has 0 saturated carbocycles. The molecule has 4 aromatic rings. The van der Waals surface area contributed by atoms with E-state index in [1.807, 2.05) is 38.1 Å². The van der Waals surface area contributed by atoms with Crippen molar-refractivity contribution in [1.29, 1.82) is 0 Å². The molecular formula is C22H18N2O4S2. The molecule has 0 fully saturated rings. The van der Waals surface area contributed by atoms with E-state index in [0.29, 0.717) is 16.8 Å². The summed E-state index contributed by atoms with van der Waals surface area (Å²) in [5.41, 5.74) is 3.38. The maximum absolute atomic E-state index is 12.9. The van der Waals surface area contributed by atoms with Gasteiger partial charge >= 0.3 is 4.94 Å². The smallest absolute Gasteiger partial charge is 0.396 e. The molecule has 0 aliphatic carbocycles. The Kier molecular flexibility index (Phi) is 5.27. The zero-order valence-corrected chi connectivity index (χ0v) is 17.9. The highest BCUT2D eigenvalue weighted by Gasteiger charge is 2.18. The van der Waals surface area contributed by atoms with Gasteiger partial charge in [-0.3, -0.25) is 0 Å². The fourth-order valence-corrected chi connectivity index (χ4v) is 4.91. The Labute approximate surface area is 177 Å². The van der Waals surface area contributed by atoms with Gasteiger partial charge in [0.2, 0.25) is 0 Å². The van der Waals surface area contributed by atoms with Crippen LogP contribution in [0.1, 0.15) is 16.7 Å². The molecule has 3 aromatic carbocycles. The number of sulfonamides is 1. The highest BCUT2D eigenvalue weighted by atomic mass is 32.2. The molecule has 152 valence electrons. The molecule has 1 heterocycles. The molecule has 0 atom stereocenters. The Morgan fingerprint density at radius 2 is 1.63 bits per heavy atom. The van der Waals surface area contributed by atoms with E-state index in [2.05, 4.69) is 9.71 Å². The van der Waals surface area contributed by atoms with E-state index in [0.717, 1.165) is 27.2 Å². The SMILES string of the molecule is Cc1cc(NC(=NS(=O)(=O)c2ccccc2)c2ccccc2)c(C)c2sc(=O)oc12. The van der Waals surface area contributed by atoms with Gasteiger partial charge in [-0.15, -0.1) is 4.40 Å². The first-order valence-corrected chi connectivity index (χ1v) is 11.4. The predicted molar refractivity (Wildman–Crippen MR) is 120 cm³/mol. The van der Waals surface area contributed by atoms with Crippen molar-refractivity contribution in [2.45, 2.75) is 18.7 Å². The van der Waals surface area contributed by atoms with Gasteiger partial charge in [0.1, 0.15) is 0 Å². The van der Waals surface area contributed by atoms with Crippen molar-refractivity contribution in [3.05, 3.63) is 93.2 Å². The number of fused-ring (bicyclic) bond motifs is 1. The average Bonchev–Trinajstić information content (AvgIpc) is 3.15. The summed E-state index contributed by atoms with van der Waals surface area (Å²) in [6, 6.07) is 18.9. The lowest BCUT2D eigenvalue weighted by Crippen LogP contribution is -2.17. The summed E-state index contributed by atoms with van der Waals surface area (Å²) in [6.45, 7) is 3.69. The van der Waals surface area contributed by atoms with Gasteiger partial charge in [-0.2, -0.15) is 8.42 Å². The van der Waals surface area contributed by atoms with Crippen molar-refractivity contribution in [3.63, 3.8) is 0 Å². The summed E-state index contributed by atoms with van der Waals surface area (Å²) in [5, 5.41) is 3.17. The third kappa shape index (κ3) is 3.92. The number of aryl methyl sites for hydroxylation is 2. The van der Waals surface area contributed by atoms with Crippen LogP contribution in [0.15, 0.2) is 85.2 Å². The third-order valence-electron chi connectivity index (χ3n) is 4.59. The molecule has 0 saturated heterocycles. The van der Waals surface area contributed by atoms with Crippen LogP contribution in [0.3, 0.4) is 0 Å². The van der Waals surface area contributed by atoms with E-state index < -0.39 is 10.0 Å². The molecule has 8 heteroatoms. The van der Waals surface area contributed by atoms with Gasteiger partial charge in [0.15, 0.2) is 11.4 Å². The van der Waals surface area contributed by atoms with Crippen LogP contribution in [0.25, 0.3) is 10.3 Å². The van der Waals surface area contributed by atoms with Crippen LogP contribution in [-0.4, -0.2) is 14.3 Å². The maximum Gasteiger partial charge on any atom is 0.396 e. The number of anilines is 1. The largest absolute Gasteiger partial charge is 0.414 e. The lowest BCUT2D eigenvalue weighted by Gasteiger charge is -2.14. The summed E-state index contributed by atoms with van der Waals surface area (Å²) < 4.78 is 35.9. The minimum absolute atomic E-state index is 0.108. The Morgan fingerprint density at radius 3 is 2.30 bits per heavy atom. The molecule has 0 amide bonds. The normalized spacial score (nSPS) is 12.3. The summed E-state index contributed by atoms with van der Waals surface area (Å²) in [6.07, 6.45) is 0. The predicted octanol–water partition coefficient (Wildman–Crippen LogP) is 4.72. The Balaban J connectivity index is 1.86. The molecule has 1 N–H and O–H groups in total. The van der Waals surface area contributed by atoms with Crippen molar-refractivity contribution in [2.75, 3.05) is 5.32 Å². The van der Waals surface area contributed by atoms with Gasteiger partial charge in [-0.25, -0.2) is 4.79 Å². The van der Waals surface area contributed by atoms with E-state index >= 15 is 0 Å². The number of rotatable bonds is 4. The Hall–Kier alpha value is -3.23. The number of hydrogen-bond donors (Lipinski definition) is 1. The van der Waals surface area contributed by atoms with Crippen LogP contribution in [0.2, 0.25) is 0 Å². The topological polar surface area (TPSA) is 88.7 Å². The van der Waals surface area contributed by atoms with E-state index in [-0.39, 0.29) is 15.7 Å². The molecule has 30 heavy (non-hydrogen) atoms. The van der Waals surface area contributed by atoms with Crippen LogP contribution in [0.4, 0.5) is 5.69 Å². The number of hydrogen-bond acceptors (Lipinski definition) is 5. The van der Waals surface area contributed by atoms with Crippen molar-refractivity contribution < 1.29 is 12.8 Å². The summed E-state index contributed by atoms with van der Waals surface area (Å²) in [5.74, 6) is 0.192. The van der Waals surface area contributed by atoms with E-state index in [1.165, 1.54) is 12.1 Å². The van der Waals surface area contributed by atoms with Gasteiger partial charge in [0.25, 0.3) is 10.0 Å². The summed E-state index contributed by atoms with van der Waals surface area (Å²) >= 11 is 1.02. The molecule has 1 aromatic heterocycles. The second-order valence-electron chi connectivity index (χ2n) is 6.70. The van der Waals surface area contributed by atoms with Crippen molar-refractivity contribution in [1.82, 2.24) is 0 Å². The van der Waals surface area contributed by atoms with Crippen LogP contribution in [0, 0.1) is 13.8 Å². The summed E-state index contributed by atoms with van der Waals surface area (Å²) in [7, 11) is -3.93. The highest BCUT2D eigenvalue weighted by Crippen LogP contribution is 2.31. The zero-order valence-electron chi connectivity index (χ0n) is 16.2. The van der Waals surface area contributed by atoms with Crippen LogP contribution >= 0.6 is 11.3 Å². The standard InChI is InChI=1S/C22H18N2O4S2/c1-14-13-18(15(2)20-19(14)28-22(25)29-20)23-21(16-9-5-3-6-10-16)24-30(26,27)17-11-7-4-8-12-17/h3-13H,1-2H3,(H,23,24). The van der Waals surface area contributed by atoms with Gasteiger partial charge in [-0.1, -0.05) is 59.9 Å². The van der Waals surface area contributed by atoms with Crippen molar-refractivity contribution >= 4 is 43.2 Å². The fraction of sp³-hybridized carbons (Fsp3) is 0.0909. The zero-order chi connectivity index (χ0) is 21.3. The molecule has 4 rings (SSSR count). The van der Waals surface area contributed by atoms with Gasteiger partial charge in [0.05, 0.1) is 9.60 Å². The number of nitrogens with one attached hydrogen (secondary N) is 1. The lowest BCUT2D eigenvalue weighted by atomic mass is 10.1. The highest BCUT2D eigenvalue weighted by molar-refractivity contribution is 7.90. The van der Waals surface area contributed by atoms with E-state index in [4.69, 9.17) is 4.42 Å². The fourth-order valence-electron chi connectivity index (χ4n) is 3.07. The number of benzene rings is 3. The van der Waals surface area contributed by atoms with Gasteiger partial charge < -0.3 is 9.73 Å². The quantitative estimate of drug-likeness (QED) is 0.368. The summed E-state index contributed by atoms with van der Waals surface area (Å²) in [4.78, 5) is 11.5. The van der Waals surface area contributed by atoms with Crippen LogP contribution in [-0.2, 0) is 10.0 Å². The molecular weight excluding hydrogens is 420 g/mol. The Bertz CT molecular complexity index is 1400. The minimum Gasteiger partial charge on any atom is -0.414 e. The molecule has 0 unspecified atom stereocenters. The van der Waals surface area contributed by atoms with Gasteiger partial charge in [-0.05, 0) is 43.2 Å². The van der Waals surface area contributed by atoms with E-state index in [9.17, 15) is 13.2 Å². The second-order valence-corrected chi connectivity index (χ2v) is 9.25. The molecule has 0 bridgehead atoms. The first kappa shape index (κ1) is 20.1. The Morgan fingerprint density at radius 1 is 1.00 bits per heavy atom. The van der Waals surface area contributed by atoms with Gasteiger partial charge in [0, 0.05) is 11.3 Å². The lowest BCUT2D eigenvalue weighted by molar-refractivity contribution is 0.583. The minimum atomic E-state index is -3.93. The molecule has 0 spiro atoms. The van der Waals surface area contributed by atoms with Crippen molar-refractivity contribution in [3.8, 4) is 0 Å². The van der Waals surface area contributed by atoms with Crippen LogP contribution < -0.4 is 10.3 Å². The second kappa shape index (κ2) is 7.89. The maximum atomic E-state index is 12.9. The number of nitrogens with zero attached hydrogens (tertiary/aromatic N) is 1.